The number of anilines is 1. The summed E-state index contributed by atoms with van der Waals surface area (Å²) < 4.78 is 25.8. The molecule has 5 heteroatoms. The monoisotopic (exact) mass is 189 g/mol. The van der Waals surface area contributed by atoms with Crippen molar-refractivity contribution < 1.29 is 8.78 Å². The minimum atomic E-state index is -2.89. The first-order chi connectivity index (χ1) is 5.96. The van der Waals surface area contributed by atoms with Crippen LogP contribution in [0.15, 0.2) is 0 Å². The average Bonchev–Trinajstić information content (AvgIpc) is 2.32. The molecule has 0 aromatic carbocycles. The number of H-pyrrole nitrogens is 1. The van der Waals surface area contributed by atoms with Gasteiger partial charge in [0.1, 0.15) is 11.5 Å². The molecule has 0 amide bonds. The molecule has 0 bridgehead atoms. The van der Waals surface area contributed by atoms with Crippen LogP contribution in [0.5, 0.6) is 0 Å². The van der Waals surface area contributed by atoms with Gasteiger partial charge in [0.15, 0.2) is 0 Å². The smallest absolute Gasteiger partial charge is 0.286 e. The fraction of sp³-hybridized carbons (Fsp3) is 0.625. The maximum absolute atomic E-state index is 12.9. The highest BCUT2D eigenvalue weighted by Crippen LogP contribution is 2.30. The van der Waals surface area contributed by atoms with E-state index in [1.165, 1.54) is 0 Å². The van der Waals surface area contributed by atoms with Gasteiger partial charge >= 0.3 is 0 Å². The van der Waals surface area contributed by atoms with Crippen LogP contribution in [0.2, 0.25) is 0 Å². The Hall–Kier alpha value is -1.13. The summed E-state index contributed by atoms with van der Waals surface area (Å²) in [5, 5.41) is 5.85. The minimum Gasteiger partial charge on any atom is -0.382 e. The zero-order chi connectivity index (χ0) is 10.1. The van der Waals surface area contributed by atoms with E-state index in [0.29, 0.717) is 12.0 Å². The van der Waals surface area contributed by atoms with Gasteiger partial charge in [0.25, 0.3) is 5.92 Å². The van der Waals surface area contributed by atoms with E-state index in [2.05, 4.69) is 10.2 Å². The first-order valence-corrected chi connectivity index (χ1v) is 4.17. The van der Waals surface area contributed by atoms with E-state index in [9.17, 15) is 8.78 Å². The van der Waals surface area contributed by atoms with Gasteiger partial charge in [-0.15, -0.1) is 0 Å². The molecule has 0 radical (unpaired) electrons. The first kappa shape index (κ1) is 9.95. The summed E-state index contributed by atoms with van der Waals surface area (Å²) in [6, 6.07) is 0. The van der Waals surface area contributed by atoms with Crippen LogP contribution in [-0.2, 0) is 12.3 Å². The van der Waals surface area contributed by atoms with Crippen LogP contribution in [0.1, 0.15) is 31.5 Å². The fourth-order valence-electron chi connectivity index (χ4n) is 1.25. The van der Waals surface area contributed by atoms with Crippen LogP contribution < -0.4 is 5.73 Å². The van der Waals surface area contributed by atoms with E-state index >= 15 is 0 Å². The highest BCUT2D eigenvalue weighted by molar-refractivity contribution is 5.43. The van der Waals surface area contributed by atoms with Gasteiger partial charge in [0.2, 0.25) is 0 Å². The molecule has 3 N–H and O–H groups in total. The predicted molar refractivity (Wildman–Crippen MR) is 46.6 cm³/mol. The second kappa shape index (κ2) is 3.32. The lowest BCUT2D eigenvalue weighted by atomic mass is 10.1. The Labute approximate surface area is 75.3 Å². The molecule has 13 heavy (non-hydrogen) atoms. The maximum Gasteiger partial charge on any atom is 0.286 e. The van der Waals surface area contributed by atoms with Gasteiger partial charge in [-0.1, -0.05) is 13.3 Å². The molecule has 3 nitrogen and oxygen atoms in total. The summed E-state index contributed by atoms with van der Waals surface area (Å²) in [6.45, 7) is 2.74. The zero-order valence-electron chi connectivity index (χ0n) is 7.69. The third-order valence-corrected chi connectivity index (χ3v) is 1.84. The highest BCUT2D eigenvalue weighted by Gasteiger charge is 2.30. The first-order valence-electron chi connectivity index (χ1n) is 4.17. The quantitative estimate of drug-likeness (QED) is 0.764. The second-order valence-corrected chi connectivity index (χ2v) is 3.10. The van der Waals surface area contributed by atoms with E-state index < -0.39 is 5.92 Å². The van der Waals surface area contributed by atoms with Crippen molar-refractivity contribution in [2.24, 2.45) is 0 Å². The van der Waals surface area contributed by atoms with Gasteiger partial charge in [-0.05, 0) is 6.42 Å². The highest BCUT2D eigenvalue weighted by atomic mass is 19.3. The summed E-state index contributed by atoms with van der Waals surface area (Å²) in [7, 11) is 0. The van der Waals surface area contributed by atoms with Gasteiger partial charge < -0.3 is 5.73 Å². The molecule has 0 saturated heterocycles. The molecule has 1 heterocycles. The molecule has 1 aromatic rings. The Morgan fingerprint density at radius 1 is 1.54 bits per heavy atom. The van der Waals surface area contributed by atoms with Crippen LogP contribution in [0.3, 0.4) is 0 Å². The molecule has 0 saturated carbocycles. The van der Waals surface area contributed by atoms with Crippen molar-refractivity contribution in [1.29, 1.82) is 0 Å². The van der Waals surface area contributed by atoms with Gasteiger partial charge in [-0.25, -0.2) is 0 Å². The van der Waals surface area contributed by atoms with Crippen LogP contribution in [0.4, 0.5) is 14.6 Å². The maximum atomic E-state index is 12.9. The number of aromatic nitrogens is 2. The summed E-state index contributed by atoms with van der Waals surface area (Å²) in [6.07, 6.45) is 1.30. The molecular formula is C8H13F2N3. The van der Waals surface area contributed by atoms with E-state index in [-0.39, 0.29) is 11.5 Å². The molecule has 1 aromatic heterocycles. The lowest BCUT2D eigenvalue weighted by molar-refractivity contribution is 0.0118. The van der Waals surface area contributed by atoms with Crippen LogP contribution in [0, 0.1) is 0 Å². The lowest BCUT2D eigenvalue weighted by Gasteiger charge is -2.09. The normalized spacial score (nSPS) is 12.0. The standard InChI is InChI=1S/C8H13F2N3/c1-3-4-5-6(8(2,9)10)12-13-7(5)11/h3-4H2,1-2H3,(H3,11,12,13). The van der Waals surface area contributed by atoms with E-state index in [1.54, 1.807) is 0 Å². The van der Waals surface area contributed by atoms with Crippen molar-refractivity contribution in [3.63, 3.8) is 0 Å². The van der Waals surface area contributed by atoms with Gasteiger partial charge in [-0.3, -0.25) is 5.10 Å². The fourth-order valence-corrected chi connectivity index (χ4v) is 1.25. The van der Waals surface area contributed by atoms with Crippen LogP contribution in [0.25, 0.3) is 0 Å². The number of nitrogens with one attached hydrogen (secondary N) is 1. The molecule has 0 aliphatic rings. The van der Waals surface area contributed by atoms with Crippen LogP contribution >= 0.6 is 0 Å². The van der Waals surface area contributed by atoms with Crippen molar-refractivity contribution in [1.82, 2.24) is 10.2 Å². The zero-order valence-corrected chi connectivity index (χ0v) is 7.69. The molecule has 0 aliphatic heterocycles. The summed E-state index contributed by atoms with van der Waals surface area (Å²) >= 11 is 0. The Bertz CT molecular complexity index is 288. The number of halogens is 2. The number of alkyl halides is 2. The third kappa shape index (κ3) is 1.96. The molecule has 0 fully saturated rings. The topological polar surface area (TPSA) is 54.7 Å². The van der Waals surface area contributed by atoms with Crippen molar-refractivity contribution in [3.05, 3.63) is 11.3 Å². The predicted octanol–water partition coefficient (Wildman–Crippen LogP) is 2.06. The lowest BCUT2D eigenvalue weighted by Crippen LogP contribution is -2.11. The van der Waals surface area contributed by atoms with E-state index in [4.69, 9.17) is 5.73 Å². The minimum absolute atomic E-state index is 0.160. The number of hydrogen-bond acceptors (Lipinski definition) is 2. The van der Waals surface area contributed by atoms with Crippen molar-refractivity contribution >= 4 is 5.82 Å². The van der Waals surface area contributed by atoms with E-state index in [0.717, 1.165) is 13.3 Å². The Morgan fingerprint density at radius 3 is 2.62 bits per heavy atom. The molecule has 0 aliphatic carbocycles. The second-order valence-electron chi connectivity index (χ2n) is 3.10. The number of nitrogen functional groups attached to an aromatic ring is 1. The molecule has 1 rings (SSSR count). The summed E-state index contributed by atoms with van der Waals surface area (Å²) in [5.41, 5.74) is 5.73. The Morgan fingerprint density at radius 2 is 2.15 bits per heavy atom. The molecule has 74 valence electrons. The Kier molecular flexibility index (Phi) is 2.54. The molecular weight excluding hydrogens is 176 g/mol. The number of aromatic amines is 1. The van der Waals surface area contributed by atoms with E-state index in [1.807, 2.05) is 6.92 Å². The average molecular weight is 189 g/mol. The number of hydrogen-bond donors (Lipinski definition) is 2. The van der Waals surface area contributed by atoms with Crippen molar-refractivity contribution in [2.45, 2.75) is 32.6 Å². The van der Waals surface area contributed by atoms with Gasteiger partial charge in [0.05, 0.1) is 0 Å². The van der Waals surface area contributed by atoms with Crippen molar-refractivity contribution in [3.8, 4) is 0 Å². The Balaban J connectivity index is 3.07. The SMILES string of the molecule is CCCc1c(N)n[nH]c1C(C)(F)F. The number of nitrogens with zero attached hydrogens (tertiary/aromatic N) is 1. The van der Waals surface area contributed by atoms with Gasteiger partial charge in [0, 0.05) is 12.5 Å². The molecule has 0 unspecified atom stereocenters. The summed E-state index contributed by atoms with van der Waals surface area (Å²) in [4.78, 5) is 0. The number of rotatable bonds is 3. The van der Waals surface area contributed by atoms with Gasteiger partial charge in [-0.2, -0.15) is 13.9 Å². The number of nitrogens with two attached hydrogens (primary N) is 1. The van der Waals surface area contributed by atoms with Crippen molar-refractivity contribution in [2.75, 3.05) is 5.73 Å². The summed E-state index contributed by atoms with van der Waals surface area (Å²) in [5.74, 6) is -2.71. The largest absolute Gasteiger partial charge is 0.382 e. The third-order valence-electron chi connectivity index (χ3n) is 1.84. The van der Waals surface area contributed by atoms with Crippen LogP contribution in [-0.4, -0.2) is 10.2 Å². The molecule has 0 atom stereocenters. The molecule has 0 spiro atoms.